The maximum absolute atomic E-state index is 13.5. The summed E-state index contributed by atoms with van der Waals surface area (Å²) in [5.41, 5.74) is 0.177. The molecule has 0 heterocycles. The second kappa shape index (κ2) is 5.14. The Morgan fingerprint density at radius 3 is 2.65 bits per heavy atom. The number of carbonyl (C=O) groups is 1. The third-order valence-corrected chi connectivity index (χ3v) is 4.68. The van der Waals surface area contributed by atoms with E-state index in [2.05, 4.69) is 5.32 Å². The lowest BCUT2D eigenvalue weighted by Gasteiger charge is -2.11. The van der Waals surface area contributed by atoms with E-state index in [1.165, 1.54) is 6.92 Å². The zero-order valence-corrected chi connectivity index (χ0v) is 12.1. The number of rotatable bonds is 4. The molecule has 0 bridgehead atoms. The van der Waals surface area contributed by atoms with Crippen LogP contribution in [0.4, 0.5) is 4.39 Å². The summed E-state index contributed by atoms with van der Waals surface area (Å²) in [5, 5.41) is 7.80. The Morgan fingerprint density at radius 1 is 1.50 bits per heavy atom. The van der Waals surface area contributed by atoms with Gasteiger partial charge in [0, 0.05) is 11.6 Å². The van der Waals surface area contributed by atoms with Gasteiger partial charge in [-0.3, -0.25) is 4.79 Å². The van der Waals surface area contributed by atoms with Gasteiger partial charge in [-0.2, -0.15) is 0 Å². The maximum atomic E-state index is 13.5. The maximum Gasteiger partial charge on any atom is 0.251 e. The number of amides is 1. The fourth-order valence-electron chi connectivity index (χ4n) is 2.31. The molecular formula is C13H17FN2O3S. The molecule has 7 heteroatoms. The predicted octanol–water partition coefficient (Wildman–Crippen LogP) is 1.31. The highest BCUT2D eigenvalue weighted by Gasteiger charge is 2.37. The first kappa shape index (κ1) is 14.9. The van der Waals surface area contributed by atoms with Crippen LogP contribution in [-0.4, -0.2) is 20.4 Å². The van der Waals surface area contributed by atoms with E-state index in [9.17, 15) is 17.6 Å². The summed E-state index contributed by atoms with van der Waals surface area (Å²) in [6, 6.07) is 1.95. The molecule has 110 valence electrons. The Hall–Kier alpha value is -1.47. The van der Waals surface area contributed by atoms with Crippen LogP contribution in [-0.2, 0) is 10.0 Å². The molecule has 0 spiro atoms. The van der Waals surface area contributed by atoms with Crippen molar-refractivity contribution < 1.29 is 17.6 Å². The largest absolute Gasteiger partial charge is 0.349 e. The van der Waals surface area contributed by atoms with Crippen LogP contribution in [0.15, 0.2) is 17.0 Å². The highest BCUT2D eigenvalue weighted by atomic mass is 32.2. The third-order valence-electron chi connectivity index (χ3n) is 3.64. The number of carbonyl (C=O) groups excluding carboxylic acids is 1. The van der Waals surface area contributed by atoms with Gasteiger partial charge in [-0.15, -0.1) is 0 Å². The zero-order chi connectivity index (χ0) is 15.1. The van der Waals surface area contributed by atoms with Crippen LogP contribution in [0.2, 0.25) is 0 Å². The third kappa shape index (κ3) is 2.99. The first-order chi connectivity index (χ1) is 9.24. The van der Waals surface area contributed by atoms with Gasteiger partial charge in [0.15, 0.2) is 0 Å². The van der Waals surface area contributed by atoms with Crippen LogP contribution in [0.3, 0.4) is 0 Å². The van der Waals surface area contributed by atoms with E-state index in [-0.39, 0.29) is 22.1 Å². The summed E-state index contributed by atoms with van der Waals surface area (Å²) in [6.45, 7) is 3.47. The van der Waals surface area contributed by atoms with Crippen LogP contribution in [0, 0.1) is 18.7 Å². The molecule has 0 aromatic heterocycles. The Balaban J connectivity index is 2.32. The second-order valence-electron chi connectivity index (χ2n) is 5.11. The molecule has 5 nitrogen and oxygen atoms in total. The van der Waals surface area contributed by atoms with Crippen molar-refractivity contribution in [1.29, 1.82) is 0 Å². The van der Waals surface area contributed by atoms with Crippen molar-refractivity contribution in [3.8, 4) is 0 Å². The number of primary sulfonamides is 1. The van der Waals surface area contributed by atoms with E-state index >= 15 is 0 Å². The topological polar surface area (TPSA) is 89.3 Å². The summed E-state index contributed by atoms with van der Waals surface area (Å²) in [4.78, 5) is 11.7. The lowest BCUT2D eigenvalue weighted by Crippen LogP contribution is -2.28. The molecule has 2 atom stereocenters. The van der Waals surface area contributed by atoms with Crippen LogP contribution >= 0.6 is 0 Å². The van der Waals surface area contributed by atoms with E-state index in [4.69, 9.17) is 5.14 Å². The minimum Gasteiger partial charge on any atom is -0.349 e. The number of nitrogens with two attached hydrogens (primary N) is 1. The Kier molecular flexibility index (Phi) is 3.84. The van der Waals surface area contributed by atoms with Gasteiger partial charge >= 0.3 is 0 Å². The average Bonchev–Trinajstić information content (AvgIpc) is 3.08. The number of nitrogens with one attached hydrogen (secondary N) is 1. The highest BCUT2D eigenvalue weighted by Crippen LogP contribution is 2.33. The van der Waals surface area contributed by atoms with Gasteiger partial charge in [0.25, 0.3) is 5.91 Å². The smallest absolute Gasteiger partial charge is 0.251 e. The molecule has 1 fully saturated rings. The van der Waals surface area contributed by atoms with Crippen molar-refractivity contribution in [2.45, 2.75) is 37.6 Å². The van der Waals surface area contributed by atoms with E-state index in [0.717, 1.165) is 25.0 Å². The minimum atomic E-state index is -4.06. The fraction of sp³-hybridized carbons (Fsp3) is 0.462. The van der Waals surface area contributed by atoms with E-state index in [1.54, 1.807) is 0 Å². The van der Waals surface area contributed by atoms with Crippen molar-refractivity contribution in [2.75, 3.05) is 0 Å². The molecule has 1 aromatic rings. The molecule has 2 unspecified atom stereocenters. The lowest BCUT2D eigenvalue weighted by molar-refractivity contribution is 0.0947. The van der Waals surface area contributed by atoms with Crippen molar-refractivity contribution in [3.05, 3.63) is 29.1 Å². The molecule has 0 aliphatic heterocycles. The second-order valence-corrected chi connectivity index (χ2v) is 6.64. The number of hydrogen-bond donors (Lipinski definition) is 2. The molecule has 1 aliphatic carbocycles. The number of hydrogen-bond acceptors (Lipinski definition) is 3. The average molecular weight is 300 g/mol. The Labute approximate surface area is 117 Å². The van der Waals surface area contributed by atoms with Crippen LogP contribution < -0.4 is 10.5 Å². The van der Waals surface area contributed by atoms with Gasteiger partial charge in [0.2, 0.25) is 10.0 Å². The normalized spacial score (nSPS) is 21.6. The highest BCUT2D eigenvalue weighted by molar-refractivity contribution is 7.89. The van der Waals surface area contributed by atoms with Crippen LogP contribution in [0.5, 0.6) is 0 Å². The summed E-state index contributed by atoms with van der Waals surface area (Å²) in [5.74, 6) is -0.814. The predicted molar refractivity (Wildman–Crippen MR) is 72.2 cm³/mol. The van der Waals surface area contributed by atoms with Gasteiger partial charge in [-0.25, -0.2) is 17.9 Å². The molecule has 20 heavy (non-hydrogen) atoms. The summed E-state index contributed by atoms with van der Waals surface area (Å²) in [7, 11) is -4.06. The molecule has 0 radical (unpaired) electrons. The zero-order valence-electron chi connectivity index (χ0n) is 11.3. The molecular weight excluding hydrogens is 283 g/mol. The van der Waals surface area contributed by atoms with Crippen molar-refractivity contribution in [2.24, 2.45) is 11.1 Å². The monoisotopic (exact) mass is 300 g/mol. The quantitative estimate of drug-likeness (QED) is 0.878. The van der Waals surface area contributed by atoms with Crippen molar-refractivity contribution in [1.82, 2.24) is 5.32 Å². The molecule has 1 saturated carbocycles. The molecule has 1 aromatic carbocycles. The number of sulfonamides is 1. The summed E-state index contributed by atoms with van der Waals surface area (Å²) in [6.07, 6.45) is 1.87. The van der Waals surface area contributed by atoms with E-state index < -0.39 is 21.7 Å². The van der Waals surface area contributed by atoms with Gasteiger partial charge < -0.3 is 5.32 Å². The van der Waals surface area contributed by atoms with Crippen molar-refractivity contribution in [3.63, 3.8) is 0 Å². The van der Waals surface area contributed by atoms with Gasteiger partial charge in [-0.05, 0) is 37.0 Å². The summed E-state index contributed by atoms with van der Waals surface area (Å²) >= 11 is 0. The van der Waals surface area contributed by atoms with E-state index in [0.29, 0.717) is 5.92 Å². The standard InChI is InChI=1S/C13H17FN2O3S/c1-3-8-4-11(8)16-13(17)10-5-9(14)6-12(7(10)2)20(15,18)19/h5-6,8,11H,3-4H2,1-2H3,(H,16,17)(H2,15,18,19). The Morgan fingerprint density at radius 2 is 2.15 bits per heavy atom. The molecule has 1 amide bonds. The number of benzene rings is 1. The number of halogens is 1. The molecule has 0 saturated heterocycles. The molecule has 3 N–H and O–H groups in total. The van der Waals surface area contributed by atoms with Crippen molar-refractivity contribution >= 4 is 15.9 Å². The lowest BCUT2D eigenvalue weighted by atomic mass is 10.1. The first-order valence-corrected chi connectivity index (χ1v) is 7.92. The van der Waals surface area contributed by atoms with Gasteiger partial charge in [-0.1, -0.05) is 13.3 Å². The first-order valence-electron chi connectivity index (χ1n) is 6.37. The van der Waals surface area contributed by atoms with Gasteiger partial charge in [0.05, 0.1) is 4.90 Å². The van der Waals surface area contributed by atoms with Gasteiger partial charge in [0.1, 0.15) is 5.82 Å². The minimum absolute atomic E-state index is 0.00998. The Bertz CT molecular complexity index is 658. The summed E-state index contributed by atoms with van der Waals surface area (Å²) < 4.78 is 36.3. The SMILES string of the molecule is CCC1CC1NC(=O)c1cc(F)cc(S(N)(=O)=O)c1C. The molecule has 2 rings (SSSR count). The van der Waals surface area contributed by atoms with E-state index in [1.807, 2.05) is 6.92 Å². The van der Waals surface area contributed by atoms with Crippen LogP contribution in [0.25, 0.3) is 0 Å². The fourth-order valence-corrected chi connectivity index (χ4v) is 3.12. The van der Waals surface area contributed by atoms with Crippen LogP contribution in [0.1, 0.15) is 35.7 Å². The molecule has 1 aliphatic rings.